The number of carbonyl (C=O) groups excluding carboxylic acids is 1. The van der Waals surface area contributed by atoms with Gasteiger partial charge in [-0.2, -0.15) is 4.31 Å². The Bertz CT molecular complexity index is 864. The van der Waals surface area contributed by atoms with Crippen molar-refractivity contribution in [2.75, 3.05) is 32.7 Å². The third kappa shape index (κ3) is 4.98. The number of nitrogens with zero attached hydrogens (tertiary/aromatic N) is 1. The molecule has 0 aliphatic carbocycles. The van der Waals surface area contributed by atoms with Gasteiger partial charge in [-0.1, -0.05) is 48.5 Å². The van der Waals surface area contributed by atoms with Gasteiger partial charge in [-0.15, -0.1) is 0 Å². The maximum absolute atomic E-state index is 12.7. The van der Waals surface area contributed by atoms with Crippen molar-refractivity contribution in [2.24, 2.45) is 0 Å². The highest BCUT2D eigenvalue weighted by molar-refractivity contribution is 7.89. The molecule has 0 aromatic heterocycles. The lowest BCUT2D eigenvalue weighted by Gasteiger charge is -2.34. The van der Waals surface area contributed by atoms with Crippen molar-refractivity contribution in [3.8, 4) is 0 Å². The first-order chi connectivity index (χ1) is 13.5. The van der Waals surface area contributed by atoms with E-state index in [9.17, 15) is 13.2 Å². The van der Waals surface area contributed by atoms with E-state index in [0.29, 0.717) is 37.6 Å². The second-order valence-electron chi connectivity index (χ2n) is 7.12. The Morgan fingerprint density at radius 3 is 2.21 bits per heavy atom. The van der Waals surface area contributed by atoms with Crippen LogP contribution in [0.3, 0.4) is 0 Å². The van der Waals surface area contributed by atoms with Gasteiger partial charge in [0, 0.05) is 6.54 Å². The molecular formula is C21H28N3O3S+. The monoisotopic (exact) mass is 402 g/mol. The number of carbonyl (C=O) groups is 1. The highest BCUT2D eigenvalue weighted by Crippen LogP contribution is 2.14. The Balaban J connectivity index is 1.48. The summed E-state index contributed by atoms with van der Waals surface area (Å²) in [7, 11) is -3.46. The Kier molecular flexibility index (Phi) is 6.83. The summed E-state index contributed by atoms with van der Waals surface area (Å²) in [5.41, 5.74) is 1.20. The van der Waals surface area contributed by atoms with Crippen LogP contribution in [0.4, 0.5) is 0 Å². The predicted molar refractivity (Wildman–Crippen MR) is 109 cm³/mol. The maximum atomic E-state index is 12.7. The van der Waals surface area contributed by atoms with Crippen molar-refractivity contribution >= 4 is 15.9 Å². The van der Waals surface area contributed by atoms with Gasteiger partial charge in [-0.05, 0) is 31.0 Å². The largest absolute Gasteiger partial charge is 0.351 e. The molecule has 2 N–H and O–H groups in total. The van der Waals surface area contributed by atoms with Crippen molar-refractivity contribution in [3.05, 3.63) is 66.2 Å². The second-order valence-corrected chi connectivity index (χ2v) is 9.06. The Labute approximate surface area is 167 Å². The fraction of sp³-hybridized carbons (Fsp3) is 0.381. The van der Waals surface area contributed by atoms with Gasteiger partial charge in [0.2, 0.25) is 10.0 Å². The van der Waals surface area contributed by atoms with Crippen molar-refractivity contribution in [2.45, 2.75) is 24.3 Å². The number of quaternary nitrogens is 1. The van der Waals surface area contributed by atoms with E-state index >= 15 is 0 Å². The minimum atomic E-state index is -3.46. The van der Waals surface area contributed by atoms with Gasteiger partial charge in [-0.25, -0.2) is 8.42 Å². The zero-order chi connectivity index (χ0) is 20.0. The molecule has 1 atom stereocenters. The standard InChI is InChI=1S/C21H27N3O3S/c1-18(21(25)22-13-12-19-8-4-2-5-9-19)23-14-16-24(17-15-23)28(26,27)20-10-6-3-7-11-20/h2-11,18H,12-17H2,1H3,(H,22,25)/p+1/t18-/m1/s1. The first-order valence-electron chi connectivity index (χ1n) is 9.70. The summed E-state index contributed by atoms with van der Waals surface area (Å²) in [6, 6.07) is 18.4. The van der Waals surface area contributed by atoms with Crippen LogP contribution in [0.25, 0.3) is 0 Å². The molecule has 150 valence electrons. The molecule has 1 amide bonds. The van der Waals surface area contributed by atoms with E-state index in [0.717, 1.165) is 11.3 Å². The van der Waals surface area contributed by atoms with E-state index in [1.165, 1.54) is 9.87 Å². The van der Waals surface area contributed by atoms with E-state index in [-0.39, 0.29) is 11.9 Å². The Hall–Kier alpha value is -2.22. The van der Waals surface area contributed by atoms with Gasteiger partial charge in [0.05, 0.1) is 31.1 Å². The van der Waals surface area contributed by atoms with Crippen molar-refractivity contribution in [1.82, 2.24) is 9.62 Å². The van der Waals surface area contributed by atoms with Gasteiger partial charge in [0.1, 0.15) is 0 Å². The van der Waals surface area contributed by atoms with E-state index < -0.39 is 10.0 Å². The van der Waals surface area contributed by atoms with Gasteiger partial charge < -0.3 is 10.2 Å². The quantitative estimate of drug-likeness (QED) is 0.701. The number of sulfonamides is 1. The SMILES string of the molecule is C[C@H](C(=O)NCCc1ccccc1)[NH+]1CCN(S(=O)(=O)c2ccccc2)CC1. The second kappa shape index (κ2) is 9.32. The van der Waals surface area contributed by atoms with Crippen LogP contribution in [0.5, 0.6) is 0 Å². The minimum Gasteiger partial charge on any atom is -0.351 e. The normalized spacial score (nSPS) is 17.2. The molecule has 1 fully saturated rings. The lowest BCUT2D eigenvalue weighted by atomic mass is 10.1. The molecule has 0 bridgehead atoms. The summed E-state index contributed by atoms with van der Waals surface area (Å²) in [6.45, 7) is 4.62. The maximum Gasteiger partial charge on any atom is 0.278 e. The third-order valence-electron chi connectivity index (χ3n) is 5.31. The Morgan fingerprint density at radius 1 is 1.04 bits per heavy atom. The van der Waals surface area contributed by atoms with Crippen LogP contribution in [0.2, 0.25) is 0 Å². The first-order valence-corrected chi connectivity index (χ1v) is 11.1. The number of amides is 1. The molecule has 0 radical (unpaired) electrons. The molecule has 0 saturated carbocycles. The lowest BCUT2D eigenvalue weighted by Crippen LogP contribution is -3.19. The average molecular weight is 403 g/mol. The molecule has 1 heterocycles. The number of nitrogens with one attached hydrogen (secondary N) is 2. The van der Waals surface area contributed by atoms with E-state index in [1.807, 2.05) is 37.3 Å². The number of benzene rings is 2. The number of hydrogen-bond acceptors (Lipinski definition) is 3. The van der Waals surface area contributed by atoms with Crippen LogP contribution in [0.1, 0.15) is 12.5 Å². The van der Waals surface area contributed by atoms with Crippen LogP contribution in [-0.2, 0) is 21.2 Å². The predicted octanol–water partition coefficient (Wildman–Crippen LogP) is 0.323. The minimum absolute atomic E-state index is 0.0188. The zero-order valence-corrected chi connectivity index (χ0v) is 17.0. The topological polar surface area (TPSA) is 70.9 Å². The molecule has 1 saturated heterocycles. The molecule has 0 spiro atoms. The molecule has 0 unspecified atom stereocenters. The molecule has 2 aromatic rings. The summed E-state index contributed by atoms with van der Waals surface area (Å²) in [6.07, 6.45) is 0.803. The first kappa shape index (κ1) is 20.5. The number of piperazine rings is 1. The summed E-state index contributed by atoms with van der Waals surface area (Å²) in [5.74, 6) is 0.0188. The number of rotatable bonds is 7. The molecule has 6 nitrogen and oxygen atoms in total. The number of hydrogen-bond donors (Lipinski definition) is 2. The van der Waals surface area contributed by atoms with Gasteiger partial charge in [-0.3, -0.25) is 4.79 Å². The van der Waals surface area contributed by atoms with Gasteiger partial charge in [0.25, 0.3) is 5.91 Å². The summed E-state index contributed by atoms with van der Waals surface area (Å²) >= 11 is 0. The molecule has 2 aromatic carbocycles. The summed E-state index contributed by atoms with van der Waals surface area (Å²) < 4.78 is 26.9. The van der Waals surface area contributed by atoms with Crippen molar-refractivity contribution < 1.29 is 18.1 Å². The molecule has 1 aliphatic rings. The van der Waals surface area contributed by atoms with Gasteiger partial charge >= 0.3 is 0 Å². The Morgan fingerprint density at radius 2 is 1.61 bits per heavy atom. The lowest BCUT2D eigenvalue weighted by molar-refractivity contribution is -0.917. The van der Waals surface area contributed by atoms with Gasteiger partial charge in [0.15, 0.2) is 6.04 Å². The highest BCUT2D eigenvalue weighted by atomic mass is 32.2. The summed E-state index contributed by atoms with van der Waals surface area (Å²) in [5, 5.41) is 3.00. The fourth-order valence-corrected chi connectivity index (χ4v) is 4.96. The van der Waals surface area contributed by atoms with Crippen molar-refractivity contribution in [3.63, 3.8) is 0 Å². The molecular weight excluding hydrogens is 374 g/mol. The molecule has 3 rings (SSSR count). The molecule has 1 aliphatic heterocycles. The fourth-order valence-electron chi connectivity index (χ4n) is 3.50. The van der Waals surface area contributed by atoms with E-state index in [4.69, 9.17) is 0 Å². The smallest absolute Gasteiger partial charge is 0.278 e. The van der Waals surface area contributed by atoms with E-state index in [1.54, 1.807) is 30.3 Å². The zero-order valence-electron chi connectivity index (χ0n) is 16.2. The third-order valence-corrected chi connectivity index (χ3v) is 7.22. The van der Waals surface area contributed by atoms with E-state index in [2.05, 4.69) is 5.32 Å². The van der Waals surface area contributed by atoms with Crippen LogP contribution < -0.4 is 10.2 Å². The molecule has 7 heteroatoms. The van der Waals surface area contributed by atoms with Crippen LogP contribution >= 0.6 is 0 Å². The summed E-state index contributed by atoms with van der Waals surface area (Å²) in [4.78, 5) is 13.9. The van der Waals surface area contributed by atoms with Crippen LogP contribution in [-0.4, -0.2) is 57.4 Å². The van der Waals surface area contributed by atoms with Crippen LogP contribution in [0.15, 0.2) is 65.6 Å². The highest BCUT2D eigenvalue weighted by Gasteiger charge is 2.34. The average Bonchev–Trinajstić information content (AvgIpc) is 2.74. The van der Waals surface area contributed by atoms with Crippen molar-refractivity contribution in [1.29, 1.82) is 0 Å². The molecule has 28 heavy (non-hydrogen) atoms. The van der Waals surface area contributed by atoms with Crippen LogP contribution in [0, 0.1) is 0 Å².